The van der Waals surface area contributed by atoms with Crippen molar-refractivity contribution in [3.63, 3.8) is 0 Å². The lowest BCUT2D eigenvalue weighted by atomic mass is 9.93. The lowest BCUT2D eigenvalue weighted by molar-refractivity contribution is -0.121. The number of imidazole rings is 1. The number of carbonyl (C=O) groups excluding carboxylic acids is 1. The first-order valence-corrected chi connectivity index (χ1v) is 7.67. The molecule has 0 aliphatic carbocycles. The van der Waals surface area contributed by atoms with Gasteiger partial charge in [-0.1, -0.05) is 6.92 Å². The Kier molecular flexibility index (Phi) is 11.3. The van der Waals surface area contributed by atoms with E-state index in [-0.39, 0.29) is 30.7 Å². The summed E-state index contributed by atoms with van der Waals surface area (Å²) in [5, 5.41) is 6.40. The van der Waals surface area contributed by atoms with Crippen molar-refractivity contribution in [2.45, 2.75) is 39.2 Å². The molecule has 0 bridgehead atoms. The number of carbonyl (C=O) groups is 1. The van der Waals surface area contributed by atoms with E-state index in [1.165, 1.54) is 12.8 Å². The molecule has 0 saturated carbocycles. The molecule has 1 aromatic rings. The highest BCUT2D eigenvalue weighted by atomic mass is 35.5. The Bertz CT molecular complexity index is 394. The monoisotopic (exact) mass is 350 g/mol. The third-order valence-corrected chi connectivity index (χ3v) is 3.97. The van der Waals surface area contributed by atoms with Gasteiger partial charge in [0.05, 0.1) is 6.33 Å². The van der Waals surface area contributed by atoms with E-state index in [0.717, 1.165) is 38.5 Å². The molecule has 7 heteroatoms. The smallest absolute Gasteiger partial charge is 0.220 e. The van der Waals surface area contributed by atoms with Crippen molar-refractivity contribution in [1.29, 1.82) is 0 Å². The number of nitrogens with zero attached hydrogens (tertiary/aromatic N) is 2. The SMILES string of the molecule is CC(CNC(=O)CCC1CCNCC1)Cn1ccnc1.Cl.Cl. The Morgan fingerprint density at radius 3 is 2.77 bits per heavy atom. The van der Waals surface area contributed by atoms with Gasteiger partial charge >= 0.3 is 0 Å². The van der Waals surface area contributed by atoms with Crippen LogP contribution >= 0.6 is 24.8 Å². The lowest BCUT2D eigenvalue weighted by Gasteiger charge is -2.22. The Balaban J connectivity index is 0.00000220. The Labute approximate surface area is 145 Å². The number of piperidine rings is 1. The van der Waals surface area contributed by atoms with Crippen molar-refractivity contribution < 1.29 is 4.79 Å². The minimum absolute atomic E-state index is 0. The van der Waals surface area contributed by atoms with Crippen LogP contribution < -0.4 is 10.6 Å². The summed E-state index contributed by atoms with van der Waals surface area (Å²) in [6.07, 6.45) is 9.68. The minimum atomic E-state index is 0. The van der Waals surface area contributed by atoms with Crippen LogP contribution in [-0.2, 0) is 11.3 Å². The third-order valence-electron chi connectivity index (χ3n) is 3.97. The second-order valence-electron chi connectivity index (χ2n) is 5.90. The van der Waals surface area contributed by atoms with Gasteiger partial charge < -0.3 is 15.2 Å². The van der Waals surface area contributed by atoms with E-state index in [4.69, 9.17) is 0 Å². The third kappa shape index (κ3) is 8.01. The second-order valence-corrected chi connectivity index (χ2v) is 5.90. The fraction of sp³-hybridized carbons (Fsp3) is 0.733. The van der Waals surface area contributed by atoms with Gasteiger partial charge in [-0.05, 0) is 44.2 Å². The maximum Gasteiger partial charge on any atom is 0.220 e. The van der Waals surface area contributed by atoms with Crippen molar-refractivity contribution in [2.24, 2.45) is 11.8 Å². The molecule has 0 aromatic carbocycles. The molecular formula is C15H28Cl2N4O. The van der Waals surface area contributed by atoms with Gasteiger partial charge in [0, 0.05) is 31.9 Å². The van der Waals surface area contributed by atoms with Crippen LogP contribution in [0, 0.1) is 11.8 Å². The van der Waals surface area contributed by atoms with Crippen LogP contribution in [0.15, 0.2) is 18.7 Å². The van der Waals surface area contributed by atoms with Crippen molar-refractivity contribution in [3.8, 4) is 0 Å². The molecule has 1 aliphatic rings. The molecule has 22 heavy (non-hydrogen) atoms. The highest BCUT2D eigenvalue weighted by Crippen LogP contribution is 2.17. The number of amides is 1. The molecule has 2 heterocycles. The fourth-order valence-electron chi connectivity index (χ4n) is 2.70. The van der Waals surface area contributed by atoms with Gasteiger partial charge in [-0.2, -0.15) is 0 Å². The van der Waals surface area contributed by atoms with Crippen molar-refractivity contribution in [1.82, 2.24) is 20.2 Å². The van der Waals surface area contributed by atoms with Gasteiger partial charge in [0.15, 0.2) is 0 Å². The zero-order valence-corrected chi connectivity index (χ0v) is 14.8. The first kappa shape index (κ1) is 21.2. The van der Waals surface area contributed by atoms with Crippen molar-refractivity contribution in [3.05, 3.63) is 18.7 Å². The standard InChI is InChI=1S/C15H26N4O.2ClH/c1-13(11-19-9-8-17-12-19)10-18-15(20)3-2-14-4-6-16-7-5-14;;/h8-9,12-14,16H,2-7,10-11H2,1H3,(H,18,20);2*1H. The predicted molar refractivity (Wildman–Crippen MR) is 93.7 cm³/mol. The summed E-state index contributed by atoms with van der Waals surface area (Å²) in [6, 6.07) is 0. The molecule has 2 rings (SSSR count). The Morgan fingerprint density at radius 1 is 1.41 bits per heavy atom. The summed E-state index contributed by atoms with van der Waals surface area (Å²) in [5.41, 5.74) is 0. The first-order valence-electron chi connectivity index (χ1n) is 7.67. The molecule has 2 N–H and O–H groups in total. The number of aromatic nitrogens is 2. The van der Waals surface area contributed by atoms with Gasteiger partial charge in [-0.25, -0.2) is 4.98 Å². The molecule has 1 aliphatic heterocycles. The quantitative estimate of drug-likeness (QED) is 0.792. The Hall–Kier alpha value is -0.780. The van der Waals surface area contributed by atoms with E-state index >= 15 is 0 Å². The van der Waals surface area contributed by atoms with Crippen LogP contribution in [-0.4, -0.2) is 35.1 Å². The number of hydrogen-bond acceptors (Lipinski definition) is 3. The summed E-state index contributed by atoms with van der Waals surface area (Å²) >= 11 is 0. The second kappa shape index (κ2) is 11.7. The van der Waals surface area contributed by atoms with Crippen LogP contribution in [0.2, 0.25) is 0 Å². The average molecular weight is 351 g/mol. The van der Waals surface area contributed by atoms with Crippen molar-refractivity contribution in [2.75, 3.05) is 19.6 Å². The van der Waals surface area contributed by atoms with E-state index in [9.17, 15) is 4.79 Å². The predicted octanol–water partition coefficient (Wildman–Crippen LogP) is 2.26. The molecule has 1 atom stereocenters. The zero-order chi connectivity index (χ0) is 14.2. The van der Waals surface area contributed by atoms with E-state index < -0.39 is 0 Å². The van der Waals surface area contributed by atoms with E-state index in [2.05, 4.69) is 22.5 Å². The van der Waals surface area contributed by atoms with E-state index in [1.54, 1.807) is 6.20 Å². The molecule has 1 saturated heterocycles. The molecule has 1 unspecified atom stereocenters. The van der Waals surface area contributed by atoms with Crippen LogP contribution in [0.4, 0.5) is 0 Å². The van der Waals surface area contributed by atoms with Gasteiger partial charge in [0.25, 0.3) is 0 Å². The average Bonchev–Trinajstić information content (AvgIpc) is 2.97. The number of nitrogens with one attached hydrogen (secondary N) is 2. The summed E-state index contributed by atoms with van der Waals surface area (Å²) in [5.74, 6) is 1.35. The molecule has 128 valence electrons. The number of halogens is 2. The normalized spacial score (nSPS) is 16.2. The van der Waals surface area contributed by atoms with Crippen LogP contribution in [0.3, 0.4) is 0 Å². The molecule has 1 aromatic heterocycles. The van der Waals surface area contributed by atoms with Crippen LogP contribution in [0.5, 0.6) is 0 Å². The largest absolute Gasteiger partial charge is 0.356 e. The summed E-state index contributed by atoms with van der Waals surface area (Å²) in [7, 11) is 0. The molecule has 0 radical (unpaired) electrons. The van der Waals surface area contributed by atoms with Gasteiger partial charge in [-0.15, -0.1) is 24.8 Å². The Morgan fingerprint density at radius 2 is 2.14 bits per heavy atom. The van der Waals surface area contributed by atoms with E-state index in [0.29, 0.717) is 12.3 Å². The molecule has 1 amide bonds. The minimum Gasteiger partial charge on any atom is -0.356 e. The topological polar surface area (TPSA) is 59.0 Å². The maximum atomic E-state index is 11.8. The number of rotatable bonds is 7. The van der Waals surface area contributed by atoms with Gasteiger partial charge in [0.1, 0.15) is 0 Å². The van der Waals surface area contributed by atoms with Crippen molar-refractivity contribution >= 4 is 30.7 Å². The highest BCUT2D eigenvalue weighted by molar-refractivity contribution is 5.85. The summed E-state index contributed by atoms with van der Waals surface area (Å²) < 4.78 is 2.05. The van der Waals surface area contributed by atoms with Crippen LogP contribution in [0.1, 0.15) is 32.6 Å². The molecule has 0 spiro atoms. The lowest BCUT2D eigenvalue weighted by Crippen LogP contribution is -2.31. The summed E-state index contributed by atoms with van der Waals surface area (Å²) in [4.78, 5) is 15.9. The fourth-order valence-corrected chi connectivity index (χ4v) is 2.70. The van der Waals surface area contributed by atoms with Crippen LogP contribution in [0.25, 0.3) is 0 Å². The summed E-state index contributed by atoms with van der Waals surface area (Å²) in [6.45, 7) is 5.99. The first-order chi connectivity index (χ1) is 9.74. The molecule has 1 fully saturated rings. The van der Waals surface area contributed by atoms with E-state index in [1.807, 2.05) is 17.1 Å². The zero-order valence-electron chi connectivity index (χ0n) is 13.2. The van der Waals surface area contributed by atoms with Gasteiger partial charge in [0.2, 0.25) is 5.91 Å². The number of hydrogen-bond donors (Lipinski definition) is 2. The molecule has 5 nitrogen and oxygen atoms in total. The maximum absolute atomic E-state index is 11.8. The molecular weight excluding hydrogens is 323 g/mol. The highest BCUT2D eigenvalue weighted by Gasteiger charge is 2.14. The van der Waals surface area contributed by atoms with Gasteiger partial charge in [-0.3, -0.25) is 4.79 Å².